The molecule has 0 fully saturated rings. The fourth-order valence-corrected chi connectivity index (χ4v) is 1.47. The van der Waals surface area contributed by atoms with Crippen LogP contribution in [0, 0.1) is 0 Å². The van der Waals surface area contributed by atoms with Crippen molar-refractivity contribution in [3.05, 3.63) is 52.3 Å². The molecule has 1 heterocycles. The minimum Gasteiger partial charge on any atom is -0.478 e. The first kappa shape index (κ1) is 10.2. The third-order valence-corrected chi connectivity index (χ3v) is 2.22. The van der Waals surface area contributed by atoms with Gasteiger partial charge in [0.15, 0.2) is 5.43 Å². The lowest BCUT2D eigenvalue weighted by atomic mass is 10.1. The smallest absolute Gasteiger partial charge is 0.328 e. The minimum atomic E-state index is -1.08. The summed E-state index contributed by atoms with van der Waals surface area (Å²) in [5.74, 6) is -1.08. The lowest BCUT2D eigenvalue weighted by molar-refractivity contribution is -0.131. The third-order valence-electron chi connectivity index (χ3n) is 2.22. The van der Waals surface area contributed by atoms with Crippen molar-refractivity contribution in [2.75, 3.05) is 0 Å². The number of H-pyrrole nitrogens is 1. The highest BCUT2D eigenvalue weighted by Gasteiger charge is 2.01. The first-order valence-corrected chi connectivity index (χ1v) is 4.70. The number of carbonyl (C=O) groups is 1. The van der Waals surface area contributed by atoms with Gasteiger partial charge in [-0.25, -0.2) is 4.79 Å². The number of pyridine rings is 1. The van der Waals surface area contributed by atoms with Crippen molar-refractivity contribution in [1.29, 1.82) is 0 Å². The zero-order valence-corrected chi connectivity index (χ0v) is 8.31. The van der Waals surface area contributed by atoms with Crippen LogP contribution < -0.4 is 5.43 Å². The Balaban J connectivity index is 2.61. The van der Waals surface area contributed by atoms with Crippen LogP contribution in [0.2, 0.25) is 0 Å². The summed E-state index contributed by atoms with van der Waals surface area (Å²) in [6, 6.07) is 7.08. The molecule has 0 spiro atoms. The Hall–Kier alpha value is -2.36. The number of carboxylic acids is 1. The SMILES string of the molecule is O=C(O)C=Cc1c[nH]c2ccccc2c1=O. The topological polar surface area (TPSA) is 70.2 Å². The highest BCUT2D eigenvalue weighted by molar-refractivity contribution is 5.87. The number of hydrogen-bond donors (Lipinski definition) is 2. The van der Waals surface area contributed by atoms with Gasteiger partial charge in [-0.2, -0.15) is 0 Å². The van der Waals surface area contributed by atoms with E-state index in [0.717, 1.165) is 11.6 Å². The van der Waals surface area contributed by atoms with Gasteiger partial charge in [-0.05, 0) is 18.2 Å². The van der Waals surface area contributed by atoms with Crippen LogP contribution in [-0.4, -0.2) is 16.1 Å². The van der Waals surface area contributed by atoms with E-state index in [0.29, 0.717) is 10.9 Å². The van der Waals surface area contributed by atoms with Crippen LogP contribution in [0.25, 0.3) is 17.0 Å². The summed E-state index contributed by atoms with van der Waals surface area (Å²) in [5.41, 5.74) is 0.896. The maximum absolute atomic E-state index is 11.9. The molecule has 0 aliphatic carbocycles. The predicted molar refractivity (Wildman–Crippen MR) is 61.2 cm³/mol. The zero-order chi connectivity index (χ0) is 11.5. The molecule has 0 bridgehead atoms. The van der Waals surface area contributed by atoms with E-state index in [1.165, 1.54) is 12.3 Å². The Labute approximate surface area is 90.9 Å². The number of para-hydroxylation sites is 1. The first-order chi connectivity index (χ1) is 7.68. The van der Waals surface area contributed by atoms with Gasteiger partial charge in [0.2, 0.25) is 0 Å². The Kier molecular flexibility index (Phi) is 2.55. The maximum Gasteiger partial charge on any atom is 0.328 e. The second kappa shape index (κ2) is 4.02. The maximum atomic E-state index is 11.9. The summed E-state index contributed by atoms with van der Waals surface area (Å²) < 4.78 is 0. The summed E-state index contributed by atoms with van der Waals surface area (Å²) in [5, 5.41) is 9.03. The summed E-state index contributed by atoms with van der Waals surface area (Å²) in [6.45, 7) is 0. The largest absolute Gasteiger partial charge is 0.478 e. The van der Waals surface area contributed by atoms with Gasteiger partial charge in [0.05, 0.1) is 0 Å². The molecule has 0 saturated heterocycles. The lowest BCUT2D eigenvalue weighted by Gasteiger charge is -1.98. The van der Waals surface area contributed by atoms with E-state index in [-0.39, 0.29) is 5.43 Å². The molecule has 2 rings (SSSR count). The molecule has 4 heteroatoms. The van der Waals surface area contributed by atoms with Crippen LogP contribution in [0.1, 0.15) is 5.56 Å². The number of rotatable bonds is 2. The van der Waals surface area contributed by atoms with Gasteiger partial charge in [0.25, 0.3) is 0 Å². The molecule has 2 aromatic rings. The molecule has 0 unspecified atom stereocenters. The fourth-order valence-electron chi connectivity index (χ4n) is 1.47. The summed E-state index contributed by atoms with van der Waals surface area (Å²) in [4.78, 5) is 25.2. The molecule has 0 saturated carbocycles. The average molecular weight is 215 g/mol. The van der Waals surface area contributed by atoms with Crippen molar-refractivity contribution >= 4 is 22.9 Å². The number of aromatic nitrogens is 1. The highest BCUT2D eigenvalue weighted by Crippen LogP contribution is 2.07. The molecule has 0 aliphatic heterocycles. The van der Waals surface area contributed by atoms with E-state index in [1.54, 1.807) is 18.2 Å². The molecule has 16 heavy (non-hydrogen) atoms. The Morgan fingerprint density at radius 1 is 1.31 bits per heavy atom. The number of aliphatic carboxylic acids is 1. The summed E-state index contributed by atoms with van der Waals surface area (Å²) in [7, 11) is 0. The molecule has 0 amide bonds. The molecule has 1 aromatic heterocycles. The predicted octanol–water partition coefficient (Wildman–Crippen LogP) is 1.63. The molecular weight excluding hydrogens is 206 g/mol. The molecule has 0 radical (unpaired) electrons. The third kappa shape index (κ3) is 1.86. The van der Waals surface area contributed by atoms with Gasteiger partial charge in [0, 0.05) is 28.7 Å². The van der Waals surface area contributed by atoms with Gasteiger partial charge in [0.1, 0.15) is 0 Å². The normalized spacial score (nSPS) is 11.0. The molecule has 80 valence electrons. The van der Waals surface area contributed by atoms with Crippen LogP contribution in [0.15, 0.2) is 41.3 Å². The second-order valence-corrected chi connectivity index (χ2v) is 3.29. The van der Waals surface area contributed by atoms with Crippen molar-refractivity contribution in [2.45, 2.75) is 0 Å². The Morgan fingerprint density at radius 3 is 2.81 bits per heavy atom. The number of nitrogens with one attached hydrogen (secondary N) is 1. The number of benzene rings is 1. The van der Waals surface area contributed by atoms with Crippen molar-refractivity contribution in [3.63, 3.8) is 0 Å². The standard InChI is InChI=1S/C12H9NO3/c14-11(15)6-5-8-7-13-10-4-2-1-3-9(10)12(8)16/h1-7H,(H,13,16)(H,14,15). The lowest BCUT2D eigenvalue weighted by Crippen LogP contribution is -2.06. The van der Waals surface area contributed by atoms with E-state index in [1.807, 2.05) is 6.07 Å². The number of aromatic amines is 1. The second-order valence-electron chi connectivity index (χ2n) is 3.29. The van der Waals surface area contributed by atoms with Crippen molar-refractivity contribution < 1.29 is 9.90 Å². The quantitative estimate of drug-likeness (QED) is 0.748. The van der Waals surface area contributed by atoms with Crippen LogP contribution in [0.5, 0.6) is 0 Å². The van der Waals surface area contributed by atoms with Crippen LogP contribution in [0.3, 0.4) is 0 Å². The van der Waals surface area contributed by atoms with E-state index in [2.05, 4.69) is 4.98 Å². The first-order valence-electron chi connectivity index (χ1n) is 4.70. The number of carboxylic acid groups (broad SMARTS) is 1. The van der Waals surface area contributed by atoms with Crippen LogP contribution >= 0.6 is 0 Å². The van der Waals surface area contributed by atoms with Crippen molar-refractivity contribution in [2.24, 2.45) is 0 Å². The Bertz CT molecular complexity index is 625. The van der Waals surface area contributed by atoms with Crippen molar-refractivity contribution in [3.8, 4) is 0 Å². The van der Waals surface area contributed by atoms with Crippen molar-refractivity contribution in [1.82, 2.24) is 4.98 Å². The summed E-state index contributed by atoms with van der Waals surface area (Å²) >= 11 is 0. The molecular formula is C12H9NO3. The monoisotopic (exact) mass is 215 g/mol. The van der Waals surface area contributed by atoms with Gasteiger partial charge in [-0.1, -0.05) is 12.1 Å². The van der Waals surface area contributed by atoms with E-state index in [9.17, 15) is 9.59 Å². The minimum absolute atomic E-state index is 0.174. The van der Waals surface area contributed by atoms with E-state index < -0.39 is 5.97 Å². The van der Waals surface area contributed by atoms with Crippen LogP contribution in [0.4, 0.5) is 0 Å². The van der Waals surface area contributed by atoms with Gasteiger partial charge >= 0.3 is 5.97 Å². The number of fused-ring (bicyclic) bond motifs is 1. The average Bonchev–Trinajstić information content (AvgIpc) is 2.28. The molecule has 4 nitrogen and oxygen atoms in total. The van der Waals surface area contributed by atoms with Crippen LogP contribution in [-0.2, 0) is 4.79 Å². The molecule has 2 N–H and O–H groups in total. The fraction of sp³-hybridized carbons (Fsp3) is 0. The van der Waals surface area contributed by atoms with Gasteiger partial charge in [-0.15, -0.1) is 0 Å². The van der Waals surface area contributed by atoms with Gasteiger partial charge in [-0.3, -0.25) is 4.79 Å². The molecule has 0 aliphatic rings. The van der Waals surface area contributed by atoms with Gasteiger partial charge < -0.3 is 10.1 Å². The summed E-state index contributed by atoms with van der Waals surface area (Å²) in [6.07, 6.45) is 3.73. The highest BCUT2D eigenvalue weighted by atomic mass is 16.4. The van der Waals surface area contributed by atoms with E-state index in [4.69, 9.17) is 5.11 Å². The van der Waals surface area contributed by atoms with E-state index >= 15 is 0 Å². The molecule has 1 aromatic carbocycles. The number of hydrogen-bond acceptors (Lipinski definition) is 2. The Morgan fingerprint density at radius 2 is 2.06 bits per heavy atom. The zero-order valence-electron chi connectivity index (χ0n) is 8.31. The molecule has 0 atom stereocenters.